The van der Waals surface area contributed by atoms with E-state index in [0.29, 0.717) is 12.5 Å². The van der Waals surface area contributed by atoms with Crippen LogP contribution >= 0.6 is 0 Å². The summed E-state index contributed by atoms with van der Waals surface area (Å²) in [6.07, 6.45) is 3.78. The van der Waals surface area contributed by atoms with Gasteiger partial charge in [-0.1, -0.05) is 0 Å². The lowest BCUT2D eigenvalue weighted by atomic mass is 10.2. The van der Waals surface area contributed by atoms with Crippen molar-refractivity contribution in [1.29, 1.82) is 0 Å². The van der Waals surface area contributed by atoms with E-state index < -0.39 is 0 Å². The van der Waals surface area contributed by atoms with E-state index in [2.05, 4.69) is 10.3 Å². The first-order valence-corrected chi connectivity index (χ1v) is 5.40. The molecular formula is C11H15N3O2. The summed E-state index contributed by atoms with van der Waals surface area (Å²) in [5.74, 6) is 0.173. The molecule has 2 rings (SSSR count). The van der Waals surface area contributed by atoms with Gasteiger partial charge in [0, 0.05) is 18.8 Å². The highest BCUT2D eigenvalue weighted by molar-refractivity contribution is 5.93. The monoisotopic (exact) mass is 221 g/mol. The van der Waals surface area contributed by atoms with Gasteiger partial charge in [0.15, 0.2) is 0 Å². The van der Waals surface area contributed by atoms with Crippen molar-refractivity contribution < 1.29 is 4.79 Å². The Hall–Kier alpha value is -1.62. The Labute approximate surface area is 93.0 Å². The number of carbonyl (C=O) groups excluding carboxylic acids is 1. The van der Waals surface area contributed by atoms with Crippen molar-refractivity contribution in [2.24, 2.45) is 11.7 Å². The molecule has 1 unspecified atom stereocenters. The van der Waals surface area contributed by atoms with Crippen molar-refractivity contribution in [1.82, 2.24) is 10.3 Å². The zero-order valence-electron chi connectivity index (χ0n) is 8.90. The Morgan fingerprint density at radius 1 is 1.62 bits per heavy atom. The van der Waals surface area contributed by atoms with Crippen LogP contribution in [0, 0.1) is 5.92 Å². The molecule has 1 fully saturated rings. The zero-order chi connectivity index (χ0) is 11.5. The van der Waals surface area contributed by atoms with Crippen molar-refractivity contribution in [3.8, 4) is 0 Å². The highest BCUT2D eigenvalue weighted by Gasteiger charge is 2.28. The van der Waals surface area contributed by atoms with Crippen LogP contribution in [0.5, 0.6) is 0 Å². The molecule has 1 aliphatic rings. The number of hydrogen-bond donors (Lipinski definition) is 3. The standard InChI is InChI=1S/C11H15N3O2/c12-9(7-3-4-7)6-14-11(16)8-2-1-5-13-10(8)15/h1-2,5,7,9H,3-4,6,12H2,(H,13,15)(H,14,16). The van der Waals surface area contributed by atoms with Gasteiger partial charge in [0.25, 0.3) is 11.5 Å². The van der Waals surface area contributed by atoms with Crippen LogP contribution in [-0.4, -0.2) is 23.5 Å². The highest BCUT2D eigenvalue weighted by atomic mass is 16.2. The Morgan fingerprint density at radius 2 is 2.38 bits per heavy atom. The summed E-state index contributed by atoms with van der Waals surface area (Å²) in [7, 11) is 0. The van der Waals surface area contributed by atoms with E-state index in [0.717, 1.165) is 12.8 Å². The first-order chi connectivity index (χ1) is 7.68. The van der Waals surface area contributed by atoms with Crippen molar-refractivity contribution >= 4 is 5.91 Å². The van der Waals surface area contributed by atoms with Crippen LogP contribution in [0.4, 0.5) is 0 Å². The molecule has 4 N–H and O–H groups in total. The topological polar surface area (TPSA) is 88.0 Å². The smallest absolute Gasteiger partial charge is 0.260 e. The lowest BCUT2D eigenvalue weighted by Gasteiger charge is -2.10. The zero-order valence-corrected chi connectivity index (χ0v) is 8.90. The summed E-state index contributed by atoms with van der Waals surface area (Å²) in [4.78, 5) is 25.4. The average Bonchev–Trinajstić information content (AvgIpc) is 3.10. The molecule has 1 aromatic heterocycles. The van der Waals surface area contributed by atoms with Gasteiger partial charge < -0.3 is 16.0 Å². The number of H-pyrrole nitrogens is 1. The van der Waals surface area contributed by atoms with E-state index >= 15 is 0 Å². The van der Waals surface area contributed by atoms with Gasteiger partial charge in [-0.15, -0.1) is 0 Å². The Kier molecular flexibility index (Phi) is 3.05. The summed E-state index contributed by atoms with van der Waals surface area (Å²) in [6.45, 7) is 0.428. The second kappa shape index (κ2) is 4.49. The molecule has 1 saturated carbocycles. The first kappa shape index (κ1) is 10.9. The van der Waals surface area contributed by atoms with Crippen LogP contribution in [0.1, 0.15) is 23.2 Å². The molecular weight excluding hydrogens is 206 g/mol. The number of pyridine rings is 1. The van der Waals surface area contributed by atoms with Crippen LogP contribution in [0.25, 0.3) is 0 Å². The molecule has 0 radical (unpaired) electrons. The van der Waals surface area contributed by atoms with Gasteiger partial charge >= 0.3 is 0 Å². The number of nitrogens with one attached hydrogen (secondary N) is 2. The third kappa shape index (κ3) is 2.49. The van der Waals surface area contributed by atoms with E-state index in [-0.39, 0.29) is 23.1 Å². The average molecular weight is 221 g/mol. The molecule has 1 amide bonds. The SMILES string of the molecule is NC(CNC(=O)c1ccc[nH]c1=O)C1CC1. The van der Waals surface area contributed by atoms with Gasteiger partial charge in [0.1, 0.15) is 5.56 Å². The minimum absolute atomic E-state index is 0.00624. The van der Waals surface area contributed by atoms with Crippen LogP contribution in [0.15, 0.2) is 23.1 Å². The maximum absolute atomic E-state index is 11.6. The normalized spacial score (nSPS) is 16.8. The van der Waals surface area contributed by atoms with E-state index in [1.807, 2.05) is 0 Å². The molecule has 0 bridgehead atoms. The second-order valence-corrected chi connectivity index (χ2v) is 4.12. The lowest BCUT2D eigenvalue weighted by Crippen LogP contribution is -2.40. The highest BCUT2D eigenvalue weighted by Crippen LogP contribution is 2.31. The number of hydrogen-bond acceptors (Lipinski definition) is 3. The molecule has 5 nitrogen and oxygen atoms in total. The number of nitrogens with two attached hydrogens (primary N) is 1. The third-order valence-corrected chi connectivity index (χ3v) is 2.79. The molecule has 86 valence electrons. The molecule has 0 saturated heterocycles. The fourth-order valence-corrected chi connectivity index (χ4v) is 1.60. The third-order valence-electron chi connectivity index (χ3n) is 2.79. The summed E-state index contributed by atoms with van der Waals surface area (Å²) < 4.78 is 0. The van der Waals surface area contributed by atoms with Crippen molar-refractivity contribution in [3.63, 3.8) is 0 Å². The van der Waals surface area contributed by atoms with E-state index in [1.54, 1.807) is 6.07 Å². The minimum Gasteiger partial charge on any atom is -0.350 e. The van der Waals surface area contributed by atoms with E-state index in [4.69, 9.17) is 5.73 Å². The fourth-order valence-electron chi connectivity index (χ4n) is 1.60. The number of aromatic nitrogens is 1. The summed E-state index contributed by atoms with van der Waals surface area (Å²) >= 11 is 0. The van der Waals surface area contributed by atoms with Crippen LogP contribution in [-0.2, 0) is 0 Å². The van der Waals surface area contributed by atoms with Crippen molar-refractivity contribution in [3.05, 3.63) is 34.2 Å². The van der Waals surface area contributed by atoms with E-state index in [1.165, 1.54) is 12.3 Å². The van der Waals surface area contributed by atoms with Gasteiger partial charge in [-0.25, -0.2) is 0 Å². The minimum atomic E-state index is -0.375. The maximum Gasteiger partial charge on any atom is 0.260 e. The first-order valence-electron chi connectivity index (χ1n) is 5.40. The summed E-state index contributed by atoms with van der Waals surface area (Å²) in [6, 6.07) is 3.13. The number of rotatable bonds is 4. The molecule has 1 aliphatic carbocycles. The van der Waals surface area contributed by atoms with Gasteiger partial charge in [-0.2, -0.15) is 0 Å². The maximum atomic E-state index is 11.6. The molecule has 0 aromatic carbocycles. The Bertz CT molecular complexity index is 437. The quantitative estimate of drug-likeness (QED) is 0.660. The van der Waals surface area contributed by atoms with Gasteiger partial charge in [0.05, 0.1) is 0 Å². The predicted molar refractivity (Wildman–Crippen MR) is 60.1 cm³/mol. The summed E-state index contributed by atoms with van der Waals surface area (Å²) in [5.41, 5.74) is 5.60. The fraction of sp³-hybridized carbons (Fsp3) is 0.455. The van der Waals surface area contributed by atoms with Gasteiger partial charge in [-0.3, -0.25) is 9.59 Å². The number of carbonyl (C=O) groups is 1. The largest absolute Gasteiger partial charge is 0.350 e. The molecule has 0 spiro atoms. The molecule has 1 atom stereocenters. The van der Waals surface area contributed by atoms with Crippen molar-refractivity contribution in [2.75, 3.05) is 6.54 Å². The van der Waals surface area contributed by atoms with E-state index in [9.17, 15) is 9.59 Å². The van der Waals surface area contributed by atoms with Crippen LogP contribution in [0.3, 0.4) is 0 Å². The predicted octanol–water partition coefficient (Wildman–Crippen LogP) is -0.158. The number of aromatic amines is 1. The Balaban J connectivity index is 1.92. The summed E-state index contributed by atoms with van der Waals surface area (Å²) in [5, 5.41) is 2.68. The molecule has 16 heavy (non-hydrogen) atoms. The van der Waals surface area contributed by atoms with Gasteiger partial charge in [0.2, 0.25) is 0 Å². The number of amides is 1. The second-order valence-electron chi connectivity index (χ2n) is 4.12. The molecule has 1 heterocycles. The molecule has 5 heteroatoms. The van der Waals surface area contributed by atoms with Crippen LogP contribution < -0.4 is 16.6 Å². The Morgan fingerprint density at radius 3 is 3.00 bits per heavy atom. The van der Waals surface area contributed by atoms with Crippen LogP contribution in [0.2, 0.25) is 0 Å². The van der Waals surface area contributed by atoms with Crippen molar-refractivity contribution in [2.45, 2.75) is 18.9 Å². The lowest BCUT2D eigenvalue weighted by molar-refractivity contribution is 0.0949. The van der Waals surface area contributed by atoms with Gasteiger partial charge in [-0.05, 0) is 30.9 Å². The molecule has 0 aliphatic heterocycles. The molecule has 1 aromatic rings.